The molecule has 0 aliphatic heterocycles. The number of nitrogens with one attached hydrogen (secondary N) is 2. The molecule has 0 saturated heterocycles. The number of methoxy groups -OCH3 is 1. The maximum absolute atomic E-state index is 12.7. The third kappa shape index (κ3) is 3.77. The maximum atomic E-state index is 12.7. The predicted octanol–water partition coefficient (Wildman–Crippen LogP) is 4.14. The summed E-state index contributed by atoms with van der Waals surface area (Å²) in [4.78, 5) is 12.7. The van der Waals surface area contributed by atoms with E-state index in [2.05, 4.69) is 34.6 Å². The second kappa shape index (κ2) is 7.87. The molecule has 5 nitrogen and oxygen atoms in total. The average molecular weight is 349 g/mol. The summed E-state index contributed by atoms with van der Waals surface area (Å²) in [6, 6.07) is 15.7. The summed E-state index contributed by atoms with van der Waals surface area (Å²) in [5.41, 5.74) is 4.48. The van der Waals surface area contributed by atoms with E-state index in [0.29, 0.717) is 5.56 Å². The Morgan fingerprint density at radius 2 is 1.85 bits per heavy atom. The summed E-state index contributed by atoms with van der Waals surface area (Å²) < 4.78 is 5.17. The number of aryl methyl sites for hydroxylation is 1. The summed E-state index contributed by atoms with van der Waals surface area (Å²) in [6.45, 7) is 4.07. The van der Waals surface area contributed by atoms with Crippen LogP contribution in [-0.2, 0) is 6.42 Å². The molecule has 1 aromatic heterocycles. The van der Waals surface area contributed by atoms with Crippen LogP contribution in [-0.4, -0.2) is 23.2 Å². The first kappa shape index (κ1) is 17.7. The lowest BCUT2D eigenvalue weighted by molar-refractivity contribution is 0.0940. The van der Waals surface area contributed by atoms with Gasteiger partial charge in [-0.15, -0.1) is 0 Å². The van der Waals surface area contributed by atoms with Gasteiger partial charge in [-0.3, -0.25) is 9.89 Å². The molecule has 3 aromatic rings. The third-order valence-electron chi connectivity index (χ3n) is 4.50. The number of hydrogen-bond donors (Lipinski definition) is 2. The van der Waals surface area contributed by atoms with Crippen LogP contribution in [0.25, 0.3) is 11.3 Å². The number of benzene rings is 2. The molecule has 0 spiro atoms. The fourth-order valence-corrected chi connectivity index (χ4v) is 2.84. The van der Waals surface area contributed by atoms with Crippen LogP contribution >= 0.6 is 0 Å². The Balaban J connectivity index is 1.76. The number of ether oxygens (including phenoxy) is 1. The lowest BCUT2D eigenvalue weighted by atomic mass is 10.0. The summed E-state index contributed by atoms with van der Waals surface area (Å²) in [7, 11) is 1.63. The van der Waals surface area contributed by atoms with Crippen LogP contribution < -0.4 is 10.1 Å². The molecule has 26 heavy (non-hydrogen) atoms. The van der Waals surface area contributed by atoms with Crippen molar-refractivity contribution in [1.82, 2.24) is 15.5 Å². The lowest BCUT2D eigenvalue weighted by Crippen LogP contribution is -2.26. The summed E-state index contributed by atoms with van der Waals surface area (Å²) in [5, 5.41) is 10.0. The molecule has 5 heteroatoms. The number of amides is 1. The van der Waals surface area contributed by atoms with Crippen molar-refractivity contribution in [3.05, 3.63) is 71.4 Å². The van der Waals surface area contributed by atoms with Crippen molar-refractivity contribution in [2.24, 2.45) is 0 Å². The highest BCUT2D eigenvalue weighted by Crippen LogP contribution is 2.23. The first-order valence-electron chi connectivity index (χ1n) is 8.70. The Labute approximate surface area is 153 Å². The highest BCUT2D eigenvalue weighted by Gasteiger charge is 2.17. The molecule has 0 aliphatic carbocycles. The molecule has 1 amide bonds. The van der Waals surface area contributed by atoms with Gasteiger partial charge in [0, 0.05) is 5.56 Å². The number of aromatic amines is 1. The number of hydrogen-bond acceptors (Lipinski definition) is 3. The number of H-pyrrole nitrogens is 1. The smallest absolute Gasteiger partial charge is 0.255 e. The van der Waals surface area contributed by atoms with Crippen molar-refractivity contribution < 1.29 is 9.53 Å². The molecule has 0 bridgehead atoms. The average Bonchev–Trinajstić information content (AvgIpc) is 3.18. The summed E-state index contributed by atoms with van der Waals surface area (Å²) >= 11 is 0. The molecular formula is C21H23N3O2. The van der Waals surface area contributed by atoms with Gasteiger partial charge >= 0.3 is 0 Å². The van der Waals surface area contributed by atoms with Crippen molar-refractivity contribution in [1.29, 1.82) is 0 Å². The minimum atomic E-state index is -0.156. The molecule has 1 heterocycles. The zero-order valence-corrected chi connectivity index (χ0v) is 15.2. The standard InChI is InChI=1S/C21H23N3O2/c1-4-15-5-7-17(8-6-15)20-19(13-22-24-20)21(25)23-14(2)16-9-11-18(26-3)12-10-16/h5-14H,4H2,1-3H3,(H,22,24)(H,23,25)/t14-/m0/s1. The molecular weight excluding hydrogens is 326 g/mol. The topological polar surface area (TPSA) is 67.0 Å². The Hall–Kier alpha value is -3.08. The quantitative estimate of drug-likeness (QED) is 0.703. The molecule has 2 N–H and O–H groups in total. The number of rotatable bonds is 6. The van der Waals surface area contributed by atoms with Gasteiger partial charge in [-0.2, -0.15) is 5.10 Å². The van der Waals surface area contributed by atoms with Crippen LogP contribution in [0, 0.1) is 0 Å². The Morgan fingerprint density at radius 3 is 2.46 bits per heavy atom. The van der Waals surface area contributed by atoms with Crippen molar-refractivity contribution >= 4 is 5.91 Å². The molecule has 134 valence electrons. The molecule has 0 radical (unpaired) electrons. The second-order valence-corrected chi connectivity index (χ2v) is 6.18. The Kier molecular flexibility index (Phi) is 5.37. The van der Waals surface area contributed by atoms with Gasteiger partial charge in [-0.1, -0.05) is 43.3 Å². The van der Waals surface area contributed by atoms with Crippen LogP contribution in [0.15, 0.2) is 54.7 Å². The van der Waals surface area contributed by atoms with Crippen LogP contribution in [0.1, 0.15) is 41.4 Å². The van der Waals surface area contributed by atoms with E-state index < -0.39 is 0 Å². The zero-order chi connectivity index (χ0) is 18.5. The highest BCUT2D eigenvalue weighted by molar-refractivity contribution is 5.99. The molecule has 1 atom stereocenters. The molecule has 2 aromatic carbocycles. The first-order valence-corrected chi connectivity index (χ1v) is 8.70. The van der Waals surface area contributed by atoms with E-state index in [0.717, 1.165) is 29.0 Å². The fourth-order valence-electron chi connectivity index (χ4n) is 2.84. The van der Waals surface area contributed by atoms with E-state index in [1.165, 1.54) is 5.56 Å². The molecule has 0 saturated carbocycles. The monoisotopic (exact) mass is 349 g/mol. The van der Waals surface area contributed by atoms with Gasteiger partial charge in [-0.25, -0.2) is 0 Å². The Morgan fingerprint density at radius 1 is 1.15 bits per heavy atom. The summed E-state index contributed by atoms with van der Waals surface area (Å²) in [6.07, 6.45) is 2.55. The van der Waals surface area contributed by atoms with E-state index in [9.17, 15) is 4.79 Å². The minimum absolute atomic E-state index is 0.126. The minimum Gasteiger partial charge on any atom is -0.497 e. The van der Waals surface area contributed by atoms with E-state index in [1.807, 2.05) is 43.3 Å². The van der Waals surface area contributed by atoms with Crippen LogP contribution in [0.5, 0.6) is 5.75 Å². The molecule has 0 unspecified atom stereocenters. The number of carbonyl (C=O) groups excluding carboxylic acids is 1. The van der Waals surface area contributed by atoms with Crippen LogP contribution in [0.4, 0.5) is 0 Å². The van der Waals surface area contributed by atoms with Crippen molar-refractivity contribution in [2.45, 2.75) is 26.3 Å². The number of nitrogens with zero attached hydrogens (tertiary/aromatic N) is 1. The second-order valence-electron chi connectivity index (χ2n) is 6.18. The van der Waals surface area contributed by atoms with Crippen LogP contribution in [0.3, 0.4) is 0 Å². The van der Waals surface area contributed by atoms with E-state index >= 15 is 0 Å². The van der Waals surface area contributed by atoms with Crippen molar-refractivity contribution in [3.63, 3.8) is 0 Å². The maximum Gasteiger partial charge on any atom is 0.255 e. The van der Waals surface area contributed by atoms with Gasteiger partial charge in [0.05, 0.1) is 30.6 Å². The van der Waals surface area contributed by atoms with E-state index in [1.54, 1.807) is 13.3 Å². The Bertz CT molecular complexity index is 867. The zero-order valence-electron chi connectivity index (χ0n) is 15.2. The van der Waals surface area contributed by atoms with Gasteiger partial charge in [-0.05, 0) is 36.6 Å². The van der Waals surface area contributed by atoms with E-state index in [4.69, 9.17) is 4.74 Å². The van der Waals surface area contributed by atoms with Gasteiger partial charge < -0.3 is 10.1 Å². The highest BCUT2D eigenvalue weighted by atomic mass is 16.5. The molecule has 0 aliphatic rings. The summed E-state index contributed by atoms with van der Waals surface area (Å²) in [5.74, 6) is 0.636. The molecule has 0 fully saturated rings. The van der Waals surface area contributed by atoms with Gasteiger partial charge in [0.25, 0.3) is 5.91 Å². The van der Waals surface area contributed by atoms with Gasteiger partial charge in [0.1, 0.15) is 5.75 Å². The third-order valence-corrected chi connectivity index (χ3v) is 4.50. The van der Waals surface area contributed by atoms with Gasteiger partial charge in [0.2, 0.25) is 0 Å². The first-order chi connectivity index (χ1) is 12.6. The van der Waals surface area contributed by atoms with Crippen molar-refractivity contribution in [2.75, 3.05) is 7.11 Å². The number of carbonyl (C=O) groups is 1. The molecule has 3 rings (SSSR count). The van der Waals surface area contributed by atoms with Crippen LogP contribution in [0.2, 0.25) is 0 Å². The van der Waals surface area contributed by atoms with Crippen molar-refractivity contribution in [3.8, 4) is 17.0 Å². The predicted molar refractivity (Wildman–Crippen MR) is 102 cm³/mol. The number of aromatic nitrogens is 2. The SMILES string of the molecule is CCc1ccc(-c2[nH]ncc2C(=O)N[C@@H](C)c2ccc(OC)cc2)cc1. The fraction of sp³-hybridized carbons (Fsp3) is 0.238. The normalized spacial score (nSPS) is 11.8. The van der Waals surface area contributed by atoms with E-state index in [-0.39, 0.29) is 11.9 Å². The largest absolute Gasteiger partial charge is 0.497 e. The lowest BCUT2D eigenvalue weighted by Gasteiger charge is -2.15. The van der Waals surface area contributed by atoms with Gasteiger partial charge in [0.15, 0.2) is 0 Å².